The van der Waals surface area contributed by atoms with Crippen LogP contribution in [-0.4, -0.2) is 0 Å². The van der Waals surface area contributed by atoms with Crippen LogP contribution >= 0.6 is 0 Å². The molecule has 0 fully saturated rings. The highest BCUT2D eigenvalue weighted by molar-refractivity contribution is 6.11. The number of anilines is 3. The zero-order chi connectivity index (χ0) is 38.9. The molecule has 0 N–H and O–H groups in total. The maximum absolute atomic E-state index is 6.71. The van der Waals surface area contributed by atoms with Crippen molar-refractivity contribution in [1.29, 1.82) is 0 Å². The highest BCUT2D eigenvalue weighted by Gasteiger charge is 2.43. The average Bonchev–Trinajstić information content (AvgIpc) is 3.83. The molecule has 2 aliphatic carbocycles. The number of fused-ring (bicyclic) bond motifs is 13. The highest BCUT2D eigenvalue weighted by atomic mass is 16.3. The Kier molecular flexibility index (Phi) is 6.78. The highest BCUT2D eigenvalue weighted by Crippen LogP contribution is 2.58. The average molecular weight is 744 g/mol. The zero-order valence-corrected chi connectivity index (χ0v) is 33.1. The molecule has 58 heavy (non-hydrogen) atoms. The number of furan rings is 1. The fourth-order valence-electron chi connectivity index (χ4n) is 10.7. The van der Waals surface area contributed by atoms with E-state index in [0.717, 1.165) is 44.6 Å². The normalized spacial score (nSPS) is 14.5. The quantitative estimate of drug-likeness (QED) is 0.178. The molecular formula is C56H41NO. The van der Waals surface area contributed by atoms with Gasteiger partial charge in [-0.25, -0.2) is 0 Å². The van der Waals surface area contributed by atoms with Gasteiger partial charge in [-0.05, 0) is 114 Å². The van der Waals surface area contributed by atoms with E-state index in [9.17, 15) is 0 Å². The molecule has 0 saturated heterocycles. The first kappa shape index (κ1) is 33.3. The fraction of sp³-hybridized carbons (Fsp3) is 0.107. The van der Waals surface area contributed by atoms with Crippen LogP contribution in [0, 0.1) is 0 Å². The second kappa shape index (κ2) is 11.8. The third-order valence-electron chi connectivity index (χ3n) is 13.4. The lowest BCUT2D eigenvalue weighted by Crippen LogP contribution is -2.17. The van der Waals surface area contributed by atoms with E-state index in [0.29, 0.717) is 0 Å². The molecule has 0 spiro atoms. The Morgan fingerprint density at radius 1 is 0.397 bits per heavy atom. The van der Waals surface area contributed by atoms with Crippen molar-refractivity contribution in [1.82, 2.24) is 0 Å². The van der Waals surface area contributed by atoms with Gasteiger partial charge in [0.2, 0.25) is 0 Å². The second-order valence-electron chi connectivity index (χ2n) is 17.3. The molecule has 0 amide bonds. The Morgan fingerprint density at radius 3 is 1.74 bits per heavy atom. The summed E-state index contributed by atoms with van der Waals surface area (Å²) >= 11 is 0. The molecule has 0 atom stereocenters. The lowest BCUT2D eigenvalue weighted by atomic mass is 9.78. The van der Waals surface area contributed by atoms with Gasteiger partial charge >= 0.3 is 0 Å². The van der Waals surface area contributed by atoms with Gasteiger partial charge < -0.3 is 9.32 Å². The summed E-state index contributed by atoms with van der Waals surface area (Å²) in [4.78, 5) is 2.40. The summed E-state index contributed by atoms with van der Waals surface area (Å²) in [5.74, 6) is 0. The molecule has 276 valence electrons. The summed E-state index contributed by atoms with van der Waals surface area (Å²) in [6.45, 7) is 9.66. The van der Waals surface area contributed by atoms with E-state index in [1.54, 1.807) is 0 Å². The Hall–Kier alpha value is -6.90. The summed E-state index contributed by atoms with van der Waals surface area (Å²) < 4.78 is 6.71. The van der Waals surface area contributed by atoms with Gasteiger partial charge in [0.05, 0.1) is 11.4 Å². The molecule has 0 unspecified atom stereocenters. The van der Waals surface area contributed by atoms with Crippen molar-refractivity contribution >= 4 is 60.5 Å². The Labute approximate surface area is 338 Å². The van der Waals surface area contributed by atoms with Crippen LogP contribution in [0.25, 0.3) is 76.9 Å². The van der Waals surface area contributed by atoms with E-state index in [1.807, 2.05) is 6.07 Å². The molecule has 2 heteroatoms. The first-order valence-electron chi connectivity index (χ1n) is 20.4. The predicted octanol–water partition coefficient (Wildman–Crippen LogP) is 15.6. The third kappa shape index (κ3) is 4.49. The van der Waals surface area contributed by atoms with E-state index in [-0.39, 0.29) is 10.8 Å². The number of para-hydroxylation sites is 3. The van der Waals surface area contributed by atoms with Crippen molar-refractivity contribution in [3.8, 4) is 33.4 Å². The van der Waals surface area contributed by atoms with Crippen LogP contribution in [0.4, 0.5) is 17.1 Å². The predicted molar refractivity (Wildman–Crippen MR) is 244 cm³/mol. The summed E-state index contributed by atoms with van der Waals surface area (Å²) in [5, 5.41) is 7.42. The van der Waals surface area contributed by atoms with Crippen LogP contribution in [0.15, 0.2) is 180 Å². The number of hydrogen-bond donors (Lipinski definition) is 0. The van der Waals surface area contributed by atoms with Crippen LogP contribution in [0.3, 0.4) is 0 Å². The van der Waals surface area contributed by atoms with Gasteiger partial charge in [0, 0.05) is 32.9 Å². The molecule has 9 aromatic carbocycles. The second-order valence-corrected chi connectivity index (χ2v) is 17.3. The van der Waals surface area contributed by atoms with Gasteiger partial charge in [-0.15, -0.1) is 0 Å². The summed E-state index contributed by atoms with van der Waals surface area (Å²) in [6.07, 6.45) is 0. The van der Waals surface area contributed by atoms with Crippen LogP contribution in [0.2, 0.25) is 0 Å². The molecule has 2 aliphatic rings. The maximum Gasteiger partial charge on any atom is 0.159 e. The summed E-state index contributed by atoms with van der Waals surface area (Å²) in [7, 11) is 0. The minimum absolute atomic E-state index is 0.110. The van der Waals surface area contributed by atoms with Gasteiger partial charge in [-0.1, -0.05) is 161 Å². The minimum Gasteiger partial charge on any atom is -0.454 e. The third-order valence-corrected chi connectivity index (χ3v) is 13.4. The van der Waals surface area contributed by atoms with Gasteiger partial charge in [0.25, 0.3) is 0 Å². The van der Waals surface area contributed by atoms with Gasteiger partial charge in [0.15, 0.2) is 5.58 Å². The molecule has 12 rings (SSSR count). The molecule has 0 radical (unpaired) electrons. The topological polar surface area (TPSA) is 16.4 Å². The van der Waals surface area contributed by atoms with Crippen molar-refractivity contribution in [2.24, 2.45) is 0 Å². The summed E-state index contributed by atoms with van der Waals surface area (Å²) in [6, 6.07) is 64.7. The van der Waals surface area contributed by atoms with Crippen molar-refractivity contribution in [2.45, 2.75) is 38.5 Å². The van der Waals surface area contributed by atoms with Crippen LogP contribution in [-0.2, 0) is 10.8 Å². The lowest BCUT2D eigenvalue weighted by molar-refractivity contribution is 0.657. The standard InChI is InChI=1S/C56H41NO/c1-55(2)47-33-46-43-29-26-36-31-37(27-30-40(36)53(43)56(3,4)48(46)32-45(47)42-28-25-35-17-8-9-19-39(35)52(42)55)57(49-22-12-10-18-38(49)34-15-6-5-7-16-34)50-23-14-21-44-41-20-11-13-24-51(41)58-54(44)50/h5-33H,1-4H3. The lowest BCUT2D eigenvalue weighted by Gasteiger charge is -2.29. The zero-order valence-electron chi connectivity index (χ0n) is 33.1. The van der Waals surface area contributed by atoms with Crippen molar-refractivity contribution < 1.29 is 4.42 Å². The first-order valence-corrected chi connectivity index (χ1v) is 20.4. The van der Waals surface area contributed by atoms with E-state index in [4.69, 9.17) is 4.42 Å². The van der Waals surface area contributed by atoms with E-state index >= 15 is 0 Å². The smallest absolute Gasteiger partial charge is 0.159 e. The van der Waals surface area contributed by atoms with Crippen LogP contribution in [0.1, 0.15) is 49.9 Å². The molecule has 10 aromatic rings. The van der Waals surface area contributed by atoms with Crippen LogP contribution < -0.4 is 4.90 Å². The van der Waals surface area contributed by atoms with Crippen molar-refractivity contribution in [2.75, 3.05) is 4.90 Å². The molecule has 0 aliphatic heterocycles. The SMILES string of the molecule is CC1(C)c2cc3c(cc2-c2ccc4ccccc4c21)C(C)(C)c1c-3ccc2cc(N(c3ccccc3-c3ccccc3)c3cccc4c3oc3ccccc34)ccc12. The molecule has 1 aromatic heterocycles. The number of rotatable bonds is 4. The van der Waals surface area contributed by atoms with E-state index in [1.165, 1.54) is 71.6 Å². The number of benzene rings is 9. The summed E-state index contributed by atoms with van der Waals surface area (Å²) in [5.41, 5.74) is 18.1. The largest absolute Gasteiger partial charge is 0.454 e. The number of hydrogen-bond acceptors (Lipinski definition) is 2. The Bertz CT molecular complexity index is 3350. The van der Waals surface area contributed by atoms with Gasteiger partial charge in [-0.2, -0.15) is 0 Å². The molecule has 1 heterocycles. The molecule has 2 nitrogen and oxygen atoms in total. The first-order chi connectivity index (χ1) is 28.3. The van der Waals surface area contributed by atoms with E-state index < -0.39 is 0 Å². The van der Waals surface area contributed by atoms with Gasteiger partial charge in [0.1, 0.15) is 5.58 Å². The maximum atomic E-state index is 6.71. The molecule has 0 bridgehead atoms. The minimum atomic E-state index is -0.191. The van der Waals surface area contributed by atoms with Crippen molar-refractivity contribution in [3.05, 3.63) is 198 Å². The molecular weight excluding hydrogens is 703 g/mol. The Balaban J connectivity index is 1.05. The van der Waals surface area contributed by atoms with E-state index in [2.05, 4.69) is 202 Å². The molecule has 0 saturated carbocycles. The Morgan fingerprint density at radius 2 is 0.983 bits per heavy atom. The van der Waals surface area contributed by atoms with Crippen molar-refractivity contribution in [3.63, 3.8) is 0 Å². The monoisotopic (exact) mass is 743 g/mol. The fourth-order valence-corrected chi connectivity index (χ4v) is 10.7. The number of nitrogens with zero attached hydrogens (tertiary/aromatic N) is 1. The van der Waals surface area contributed by atoms with Gasteiger partial charge in [-0.3, -0.25) is 0 Å². The van der Waals surface area contributed by atoms with Crippen LogP contribution in [0.5, 0.6) is 0 Å².